The molecule has 0 heterocycles. The maximum Gasteiger partial charge on any atom is 0.0591 e. The maximum absolute atomic E-state index is 5.35. The van der Waals surface area contributed by atoms with Gasteiger partial charge in [-0.2, -0.15) is 25.3 Å². The monoisotopic (exact) mass is 224 g/mol. The summed E-state index contributed by atoms with van der Waals surface area (Å²) in [5.74, 6) is 1.76. The van der Waals surface area contributed by atoms with Crippen LogP contribution in [0.25, 0.3) is 0 Å². The topological polar surface area (TPSA) is 33.3 Å². The summed E-state index contributed by atoms with van der Waals surface area (Å²) in [6.07, 6.45) is 0. The van der Waals surface area contributed by atoms with Crippen LogP contribution in [0.4, 0.5) is 0 Å². The Bertz CT molecular complexity index is 86.2. The van der Waals surface area contributed by atoms with E-state index in [-0.39, 0.29) is 0 Å². The normalized spacial score (nSPS) is 10.6. The molecule has 3 nitrogen and oxygen atoms in total. The van der Waals surface area contributed by atoms with Gasteiger partial charge in [-0.05, 0) is 0 Å². The van der Waals surface area contributed by atoms with Crippen LogP contribution in [0.2, 0.25) is 0 Å². The first-order valence-corrected chi connectivity index (χ1v) is 5.89. The highest BCUT2D eigenvalue weighted by molar-refractivity contribution is 7.80. The number of nitrogens with one attached hydrogen (secondary N) is 2. The van der Waals surface area contributed by atoms with Crippen LogP contribution in [0.3, 0.4) is 0 Å². The molecular weight excluding hydrogens is 204 g/mol. The van der Waals surface area contributed by atoms with Gasteiger partial charge in [0.25, 0.3) is 0 Å². The second-order valence-electron chi connectivity index (χ2n) is 2.56. The van der Waals surface area contributed by atoms with Gasteiger partial charge in [0.1, 0.15) is 0 Å². The van der Waals surface area contributed by atoms with Crippen molar-refractivity contribution in [1.29, 1.82) is 0 Å². The molecule has 0 aromatic heterocycles. The predicted molar refractivity (Wildman–Crippen MR) is 64.3 cm³/mol. The van der Waals surface area contributed by atoms with Gasteiger partial charge in [0.2, 0.25) is 0 Å². The van der Waals surface area contributed by atoms with Gasteiger partial charge in [0.15, 0.2) is 0 Å². The lowest BCUT2D eigenvalue weighted by Crippen LogP contribution is -2.25. The number of hydrogen-bond acceptors (Lipinski definition) is 5. The second-order valence-corrected chi connectivity index (χ2v) is 3.45. The highest BCUT2D eigenvalue weighted by Crippen LogP contribution is 1.74. The average molecular weight is 224 g/mol. The predicted octanol–water partition coefficient (Wildman–Crippen LogP) is 0.0418. The number of hydrogen-bond donors (Lipinski definition) is 4. The fraction of sp³-hybridized carbons (Fsp3) is 1.00. The minimum absolute atomic E-state index is 0.774. The Morgan fingerprint density at radius 3 is 1.62 bits per heavy atom. The first-order valence-electron chi connectivity index (χ1n) is 4.62. The molecule has 0 rings (SSSR count). The average Bonchev–Trinajstić information content (AvgIpc) is 2.16. The highest BCUT2D eigenvalue weighted by Gasteiger charge is 1.88. The molecule has 0 amide bonds. The van der Waals surface area contributed by atoms with Crippen LogP contribution in [0, 0.1) is 0 Å². The largest absolute Gasteiger partial charge is 0.379 e. The Labute approximate surface area is 91.8 Å². The van der Waals surface area contributed by atoms with Crippen LogP contribution in [0.5, 0.6) is 0 Å². The van der Waals surface area contributed by atoms with Gasteiger partial charge in [-0.3, -0.25) is 0 Å². The quantitative estimate of drug-likeness (QED) is 0.312. The van der Waals surface area contributed by atoms with Crippen molar-refractivity contribution in [2.24, 2.45) is 0 Å². The summed E-state index contributed by atoms with van der Waals surface area (Å²) in [6, 6.07) is 0. The molecule has 0 aliphatic rings. The van der Waals surface area contributed by atoms with Crippen molar-refractivity contribution in [2.45, 2.75) is 0 Å². The fourth-order valence-corrected chi connectivity index (χ4v) is 1.12. The molecule has 0 aromatic rings. The molecule has 0 saturated heterocycles. The van der Waals surface area contributed by atoms with Gasteiger partial charge in [-0.25, -0.2) is 0 Å². The third kappa shape index (κ3) is 12.6. The zero-order valence-electron chi connectivity index (χ0n) is 7.96. The van der Waals surface area contributed by atoms with Gasteiger partial charge in [0, 0.05) is 37.7 Å². The lowest BCUT2D eigenvalue weighted by atomic mass is 10.6. The second kappa shape index (κ2) is 12.6. The van der Waals surface area contributed by atoms with Crippen LogP contribution >= 0.6 is 25.3 Å². The van der Waals surface area contributed by atoms with Crippen LogP contribution in [-0.2, 0) is 4.74 Å². The Kier molecular flexibility index (Phi) is 13.1. The van der Waals surface area contributed by atoms with Gasteiger partial charge < -0.3 is 15.4 Å². The summed E-state index contributed by atoms with van der Waals surface area (Å²) in [5.41, 5.74) is 0. The summed E-state index contributed by atoms with van der Waals surface area (Å²) < 4.78 is 5.35. The Hall–Kier alpha value is 0.580. The number of ether oxygens (including phenoxy) is 1. The van der Waals surface area contributed by atoms with E-state index in [1.54, 1.807) is 0 Å². The van der Waals surface area contributed by atoms with E-state index in [4.69, 9.17) is 4.74 Å². The molecule has 5 heteroatoms. The van der Waals surface area contributed by atoms with Crippen LogP contribution in [0.1, 0.15) is 0 Å². The van der Waals surface area contributed by atoms with Crippen molar-refractivity contribution in [3.05, 3.63) is 0 Å². The SMILES string of the molecule is SCCNCCOCCNCCS. The highest BCUT2D eigenvalue weighted by atomic mass is 32.1. The Morgan fingerprint density at radius 2 is 1.23 bits per heavy atom. The third-order valence-corrected chi connectivity index (χ3v) is 1.87. The van der Waals surface area contributed by atoms with Gasteiger partial charge >= 0.3 is 0 Å². The fourth-order valence-electron chi connectivity index (χ4n) is 0.799. The van der Waals surface area contributed by atoms with Gasteiger partial charge in [0.05, 0.1) is 13.2 Å². The van der Waals surface area contributed by atoms with Gasteiger partial charge in [-0.1, -0.05) is 0 Å². The smallest absolute Gasteiger partial charge is 0.0591 e. The molecule has 2 N–H and O–H groups in total. The Balaban J connectivity index is 2.76. The van der Waals surface area contributed by atoms with Crippen molar-refractivity contribution in [2.75, 3.05) is 50.9 Å². The lowest BCUT2D eigenvalue weighted by molar-refractivity contribution is 0.138. The van der Waals surface area contributed by atoms with E-state index in [0.717, 1.165) is 50.9 Å². The molecule has 0 aliphatic heterocycles. The third-order valence-electron chi connectivity index (χ3n) is 1.42. The molecule has 0 unspecified atom stereocenters. The van der Waals surface area contributed by atoms with E-state index in [2.05, 4.69) is 35.9 Å². The van der Waals surface area contributed by atoms with E-state index in [1.807, 2.05) is 0 Å². The molecule has 0 saturated carbocycles. The minimum Gasteiger partial charge on any atom is -0.379 e. The maximum atomic E-state index is 5.35. The summed E-state index contributed by atoms with van der Waals surface area (Å²) in [6.45, 7) is 5.27. The van der Waals surface area contributed by atoms with E-state index in [1.165, 1.54) is 0 Å². The number of thiol groups is 2. The van der Waals surface area contributed by atoms with Crippen molar-refractivity contribution in [3.8, 4) is 0 Å². The standard InChI is InChI=1S/C8H20N2OS2/c12-7-3-9-1-5-11-6-2-10-4-8-13/h9-10,12-13H,1-8H2. The molecule has 0 radical (unpaired) electrons. The molecule has 0 aliphatic carbocycles. The summed E-state index contributed by atoms with van der Waals surface area (Å²) >= 11 is 8.16. The zero-order valence-corrected chi connectivity index (χ0v) is 9.75. The van der Waals surface area contributed by atoms with E-state index >= 15 is 0 Å². The summed E-state index contributed by atoms with van der Waals surface area (Å²) in [7, 11) is 0. The van der Waals surface area contributed by atoms with Crippen molar-refractivity contribution < 1.29 is 4.74 Å². The van der Waals surface area contributed by atoms with Crippen LogP contribution in [0.15, 0.2) is 0 Å². The van der Waals surface area contributed by atoms with E-state index < -0.39 is 0 Å². The minimum atomic E-state index is 0.774. The van der Waals surface area contributed by atoms with Crippen molar-refractivity contribution in [1.82, 2.24) is 10.6 Å². The molecule has 80 valence electrons. The molecular formula is C8H20N2OS2. The van der Waals surface area contributed by atoms with Crippen molar-refractivity contribution in [3.63, 3.8) is 0 Å². The first kappa shape index (κ1) is 13.6. The molecule has 0 aromatic carbocycles. The zero-order chi connectivity index (χ0) is 9.78. The van der Waals surface area contributed by atoms with E-state index in [9.17, 15) is 0 Å². The van der Waals surface area contributed by atoms with E-state index in [0.29, 0.717) is 0 Å². The molecule has 0 spiro atoms. The molecule has 0 bridgehead atoms. The Morgan fingerprint density at radius 1 is 0.769 bits per heavy atom. The lowest BCUT2D eigenvalue weighted by Gasteiger charge is -2.05. The van der Waals surface area contributed by atoms with Gasteiger partial charge in [-0.15, -0.1) is 0 Å². The number of rotatable bonds is 10. The van der Waals surface area contributed by atoms with Crippen LogP contribution < -0.4 is 10.6 Å². The first-order chi connectivity index (χ1) is 6.41. The summed E-state index contributed by atoms with van der Waals surface area (Å²) in [4.78, 5) is 0. The van der Waals surface area contributed by atoms with Crippen LogP contribution in [-0.4, -0.2) is 50.9 Å². The molecule has 0 atom stereocenters. The molecule has 13 heavy (non-hydrogen) atoms. The summed E-state index contributed by atoms with van der Waals surface area (Å²) in [5, 5.41) is 6.41. The van der Waals surface area contributed by atoms with Crippen molar-refractivity contribution >= 4 is 25.3 Å². The molecule has 0 fully saturated rings.